The molecule has 0 aliphatic rings. The van der Waals surface area contributed by atoms with Gasteiger partial charge in [0.15, 0.2) is 0 Å². The van der Waals surface area contributed by atoms with Crippen molar-refractivity contribution in [2.45, 2.75) is 39.4 Å². The van der Waals surface area contributed by atoms with E-state index >= 15 is 0 Å². The predicted molar refractivity (Wildman–Crippen MR) is 112 cm³/mol. The molecule has 152 valence electrons. The number of aryl methyl sites for hydroxylation is 2. The summed E-state index contributed by atoms with van der Waals surface area (Å²) in [5.74, 6) is 0.424. The Morgan fingerprint density at radius 1 is 1.33 bits per heavy atom. The minimum atomic E-state index is -0.271. The zero-order chi connectivity index (χ0) is 21.7. The molecule has 1 N–H and O–H groups in total. The largest absolute Gasteiger partial charge is 0.346 e. The quantitative estimate of drug-likeness (QED) is 0.628. The third-order valence-electron chi connectivity index (χ3n) is 4.54. The molecule has 0 fully saturated rings. The van der Waals surface area contributed by atoms with Gasteiger partial charge in [0.05, 0.1) is 35.3 Å². The molecule has 1 amide bonds. The number of amides is 1. The van der Waals surface area contributed by atoms with Crippen molar-refractivity contribution in [1.82, 2.24) is 24.6 Å². The number of hydrogen-bond donors (Lipinski definition) is 1. The standard InChI is InChI=1S/C21H20ClN7O/c1-14(25-21(30)20-13-28(8-3-7-23)15(2)26-20)12-29-9-6-19(27-29)16-4-5-17(11-24)18(22)10-16/h4-6,9-10,13-14H,3,8,12H2,1-2H3,(H,25,30). The molecule has 0 radical (unpaired) electrons. The first-order valence-electron chi connectivity index (χ1n) is 9.36. The monoisotopic (exact) mass is 421 g/mol. The first-order chi connectivity index (χ1) is 14.4. The van der Waals surface area contributed by atoms with Crippen LogP contribution >= 0.6 is 11.6 Å². The van der Waals surface area contributed by atoms with Crippen molar-refractivity contribution in [3.8, 4) is 23.4 Å². The normalized spacial score (nSPS) is 11.5. The maximum atomic E-state index is 12.5. The minimum Gasteiger partial charge on any atom is -0.346 e. The molecule has 1 aromatic carbocycles. The molecule has 1 atom stereocenters. The molecule has 3 aromatic rings. The summed E-state index contributed by atoms with van der Waals surface area (Å²) in [5.41, 5.74) is 2.28. The summed E-state index contributed by atoms with van der Waals surface area (Å²) in [6.07, 6.45) is 3.85. The van der Waals surface area contributed by atoms with Crippen LogP contribution in [0.1, 0.15) is 35.2 Å². The number of aromatic nitrogens is 4. The van der Waals surface area contributed by atoms with E-state index in [1.807, 2.05) is 25.3 Å². The second-order valence-electron chi connectivity index (χ2n) is 6.88. The number of carbonyl (C=O) groups is 1. The molecule has 8 nitrogen and oxygen atoms in total. The Kier molecular flexibility index (Phi) is 6.51. The topological polar surface area (TPSA) is 112 Å². The molecule has 0 saturated heterocycles. The Hall–Kier alpha value is -3.62. The van der Waals surface area contributed by atoms with Gasteiger partial charge in [-0.05, 0) is 32.0 Å². The number of halogens is 1. The van der Waals surface area contributed by atoms with E-state index in [-0.39, 0.29) is 11.9 Å². The van der Waals surface area contributed by atoms with Crippen molar-refractivity contribution in [3.63, 3.8) is 0 Å². The van der Waals surface area contributed by atoms with Crippen molar-refractivity contribution < 1.29 is 4.79 Å². The van der Waals surface area contributed by atoms with Crippen LogP contribution in [0.3, 0.4) is 0 Å². The number of nitrogens with one attached hydrogen (secondary N) is 1. The predicted octanol–water partition coefficient (Wildman–Crippen LogP) is 3.31. The summed E-state index contributed by atoms with van der Waals surface area (Å²) in [6, 6.07) is 11.0. The summed E-state index contributed by atoms with van der Waals surface area (Å²) < 4.78 is 3.54. The molecule has 30 heavy (non-hydrogen) atoms. The van der Waals surface area contributed by atoms with Gasteiger partial charge in [0.1, 0.15) is 17.6 Å². The van der Waals surface area contributed by atoms with Crippen LogP contribution in [-0.4, -0.2) is 31.3 Å². The molecule has 3 rings (SSSR count). The minimum absolute atomic E-state index is 0.181. The third-order valence-corrected chi connectivity index (χ3v) is 4.85. The Morgan fingerprint density at radius 3 is 2.83 bits per heavy atom. The molecule has 1 unspecified atom stereocenters. The zero-order valence-electron chi connectivity index (χ0n) is 16.6. The fourth-order valence-corrected chi connectivity index (χ4v) is 3.24. The van der Waals surface area contributed by atoms with E-state index in [2.05, 4.69) is 21.5 Å². The van der Waals surface area contributed by atoms with Crippen LogP contribution in [0.15, 0.2) is 36.7 Å². The lowest BCUT2D eigenvalue weighted by Gasteiger charge is -2.13. The number of benzene rings is 1. The van der Waals surface area contributed by atoms with Crippen LogP contribution in [0.5, 0.6) is 0 Å². The van der Waals surface area contributed by atoms with Crippen LogP contribution in [0.25, 0.3) is 11.3 Å². The number of nitriles is 2. The van der Waals surface area contributed by atoms with Crippen molar-refractivity contribution in [3.05, 3.63) is 58.8 Å². The summed E-state index contributed by atoms with van der Waals surface area (Å²) in [7, 11) is 0. The van der Waals surface area contributed by atoms with Crippen LogP contribution in [0.4, 0.5) is 0 Å². The maximum absolute atomic E-state index is 12.5. The zero-order valence-corrected chi connectivity index (χ0v) is 17.4. The molecule has 9 heteroatoms. The van der Waals surface area contributed by atoms with E-state index in [0.29, 0.717) is 41.6 Å². The van der Waals surface area contributed by atoms with Crippen molar-refractivity contribution in [2.75, 3.05) is 0 Å². The fraction of sp³-hybridized carbons (Fsp3) is 0.286. The second-order valence-corrected chi connectivity index (χ2v) is 7.29. The molecule has 2 heterocycles. The number of carbonyl (C=O) groups excluding carboxylic acids is 1. The van der Waals surface area contributed by atoms with E-state index in [9.17, 15) is 4.79 Å². The van der Waals surface area contributed by atoms with Gasteiger partial charge in [-0.25, -0.2) is 4.98 Å². The van der Waals surface area contributed by atoms with E-state index in [1.54, 1.807) is 40.6 Å². The summed E-state index contributed by atoms with van der Waals surface area (Å²) in [5, 5.41) is 25.5. The SMILES string of the molecule is Cc1nc(C(=O)NC(C)Cn2ccc(-c3ccc(C#N)c(Cl)c3)n2)cn1CCC#N. The van der Waals surface area contributed by atoms with Gasteiger partial charge in [0.2, 0.25) is 0 Å². The van der Waals surface area contributed by atoms with Crippen LogP contribution in [0, 0.1) is 29.6 Å². The van der Waals surface area contributed by atoms with E-state index in [1.165, 1.54) is 0 Å². The highest BCUT2D eigenvalue weighted by molar-refractivity contribution is 6.32. The Labute approximate surface area is 179 Å². The molecule has 0 spiro atoms. The van der Waals surface area contributed by atoms with Gasteiger partial charge >= 0.3 is 0 Å². The molecule has 0 bridgehead atoms. The number of hydrogen-bond acceptors (Lipinski definition) is 5. The smallest absolute Gasteiger partial charge is 0.271 e. The van der Waals surface area contributed by atoms with Gasteiger partial charge in [-0.15, -0.1) is 0 Å². The van der Waals surface area contributed by atoms with Gasteiger partial charge in [0, 0.05) is 30.5 Å². The highest BCUT2D eigenvalue weighted by Gasteiger charge is 2.15. The number of imidazole rings is 1. The van der Waals surface area contributed by atoms with Gasteiger partial charge in [0.25, 0.3) is 5.91 Å². The molecule has 0 aliphatic heterocycles. The molecule has 0 saturated carbocycles. The Morgan fingerprint density at radius 2 is 2.13 bits per heavy atom. The van der Waals surface area contributed by atoms with Crippen molar-refractivity contribution >= 4 is 17.5 Å². The van der Waals surface area contributed by atoms with Crippen LogP contribution < -0.4 is 5.32 Å². The Balaban J connectivity index is 1.62. The maximum Gasteiger partial charge on any atom is 0.271 e. The van der Waals surface area contributed by atoms with Gasteiger partial charge < -0.3 is 9.88 Å². The molecule has 0 aliphatic carbocycles. The van der Waals surface area contributed by atoms with Gasteiger partial charge in [-0.2, -0.15) is 15.6 Å². The average molecular weight is 422 g/mol. The van der Waals surface area contributed by atoms with E-state index < -0.39 is 0 Å². The summed E-state index contributed by atoms with van der Waals surface area (Å²) >= 11 is 6.10. The lowest BCUT2D eigenvalue weighted by Crippen LogP contribution is -2.36. The number of rotatable bonds is 7. The third kappa shape index (κ3) is 4.86. The first kappa shape index (κ1) is 21.1. The second kappa shape index (κ2) is 9.25. The van der Waals surface area contributed by atoms with Gasteiger partial charge in [-0.1, -0.05) is 17.7 Å². The lowest BCUT2D eigenvalue weighted by molar-refractivity contribution is 0.0931. The van der Waals surface area contributed by atoms with E-state index in [4.69, 9.17) is 22.1 Å². The van der Waals surface area contributed by atoms with Crippen LogP contribution in [-0.2, 0) is 13.1 Å². The Bertz CT molecular complexity index is 1150. The average Bonchev–Trinajstić information content (AvgIpc) is 3.32. The summed E-state index contributed by atoms with van der Waals surface area (Å²) in [4.78, 5) is 16.8. The highest BCUT2D eigenvalue weighted by Crippen LogP contribution is 2.24. The molecular weight excluding hydrogens is 402 g/mol. The first-order valence-corrected chi connectivity index (χ1v) is 9.74. The van der Waals surface area contributed by atoms with E-state index in [0.717, 1.165) is 11.3 Å². The highest BCUT2D eigenvalue weighted by atomic mass is 35.5. The molecule has 2 aromatic heterocycles. The lowest BCUT2D eigenvalue weighted by atomic mass is 10.1. The molecular formula is C21H20ClN7O. The van der Waals surface area contributed by atoms with Crippen LogP contribution in [0.2, 0.25) is 5.02 Å². The van der Waals surface area contributed by atoms with Crippen molar-refractivity contribution in [1.29, 1.82) is 10.5 Å². The summed E-state index contributed by atoms with van der Waals surface area (Å²) in [6.45, 7) is 4.67. The number of nitrogens with zero attached hydrogens (tertiary/aromatic N) is 6. The van der Waals surface area contributed by atoms with Crippen molar-refractivity contribution in [2.24, 2.45) is 0 Å². The fourth-order valence-electron chi connectivity index (χ4n) is 3.02. The van der Waals surface area contributed by atoms with Gasteiger partial charge in [-0.3, -0.25) is 9.48 Å².